The summed E-state index contributed by atoms with van der Waals surface area (Å²) < 4.78 is 0. The molecule has 0 aromatic heterocycles. The van der Waals surface area contributed by atoms with E-state index in [1.807, 2.05) is 14.0 Å². The molecule has 0 spiro atoms. The first-order valence-electron chi connectivity index (χ1n) is 6.40. The van der Waals surface area contributed by atoms with Crippen LogP contribution in [-0.2, 0) is 0 Å². The summed E-state index contributed by atoms with van der Waals surface area (Å²) in [5.74, 6) is 6.08. The predicted molar refractivity (Wildman–Crippen MR) is 78.4 cm³/mol. The van der Waals surface area contributed by atoms with E-state index in [-0.39, 0.29) is 0 Å². The highest BCUT2D eigenvalue weighted by Gasteiger charge is 2.08. The summed E-state index contributed by atoms with van der Waals surface area (Å²) in [4.78, 5) is 0. The highest BCUT2D eigenvalue weighted by Crippen LogP contribution is 2.23. The summed E-state index contributed by atoms with van der Waals surface area (Å²) in [6.45, 7) is 1.89. The van der Waals surface area contributed by atoms with Crippen LogP contribution >= 0.6 is 0 Å². The largest absolute Gasteiger partial charge is 0.313 e. The Hall–Kier alpha value is -1.78. The van der Waals surface area contributed by atoms with Crippen LogP contribution in [-0.4, -0.2) is 7.05 Å². The quantitative estimate of drug-likeness (QED) is 0.795. The second-order valence-electron chi connectivity index (χ2n) is 4.41. The molecule has 0 aliphatic heterocycles. The number of benzene rings is 2. The minimum atomic E-state index is 0.385. The molecule has 0 saturated heterocycles. The van der Waals surface area contributed by atoms with Gasteiger partial charge >= 0.3 is 0 Å². The van der Waals surface area contributed by atoms with Crippen molar-refractivity contribution in [3.05, 3.63) is 48.0 Å². The zero-order valence-electron chi connectivity index (χ0n) is 11.0. The van der Waals surface area contributed by atoms with E-state index in [2.05, 4.69) is 59.6 Å². The summed E-state index contributed by atoms with van der Waals surface area (Å²) >= 11 is 0. The Bertz CT molecular complexity index is 575. The van der Waals surface area contributed by atoms with Crippen LogP contribution < -0.4 is 5.32 Å². The van der Waals surface area contributed by atoms with Crippen molar-refractivity contribution in [2.24, 2.45) is 0 Å². The van der Waals surface area contributed by atoms with E-state index in [0.717, 1.165) is 12.8 Å². The smallest absolute Gasteiger partial charge is 0.0326 e. The molecule has 0 aliphatic rings. The van der Waals surface area contributed by atoms with E-state index in [1.54, 1.807) is 0 Å². The Balaban J connectivity index is 2.23. The predicted octanol–water partition coefficient (Wildman–Crippen LogP) is 3.90. The molecule has 1 N–H and O–H groups in total. The zero-order valence-corrected chi connectivity index (χ0v) is 11.0. The zero-order chi connectivity index (χ0) is 12.8. The molecule has 1 atom stereocenters. The van der Waals surface area contributed by atoms with Crippen molar-refractivity contribution in [3.63, 3.8) is 0 Å². The van der Waals surface area contributed by atoms with E-state index in [0.29, 0.717) is 6.04 Å². The standard InChI is InChI=1S/C17H19N/c1-3-4-5-10-17(18-2)16-12-11-14-8-6-7-9-15(14)13-16/h6-9,11-13,17-18H,5,10H2,1-2H3. The van der Waals surface area contributed by atoms with Crippen molar-refractivity contribution in [3.8, 4) is 11.8 Å². The van der Waals surface area contributed by atoms with Gasteiger partial charge in [-0.25, -0.2) is 0 Å². The third-order valence-electron chi connectivity index (χ3n) is 3.26. The van der Waals surface area contributed by atoms with Crippen LogP contribution in [0.4, 0.5) is 0 Å². The maximum atomic E-state index is 3.37. The van der Waals surface area contributed by atoms with Gasteiger partial charge in [-0.1, -0.05) is 36.4 Å². The molecule has 1 unspecified atom stereocenters. The second-order valence-corrected chi connectivity index (χ2v) is 4.41. The average molecular weight is 237 g/mol. The van der Waals surface area contributed by atoms with Gasteiger partial charge in [0.2, 0.25) is 0 Å². The summed E-state index contributed by atoms with van der Waals surface area (Å²) in [5.41, 5.74) is 1.34. The SMILES string of the molecule is CC#CCCC(NC)c1ccc2ccccc2c1. The van der Waals surface area contributed by atoms with Crippen molar-refractivity contribution in [2.75, 3.05) is 7.05 Å². The van der Waals surface area contributed by atoms with Crippen molar-refractivity contribution in [1.29, 1.82) is 0 Å². The highest BCUT2D eigenvalue weighted by atomic mass is 14.9. The van der Waals surface area contributed by atoms with Crippen molar-refractivity contribution in [1.82, 2.24) is 5.32 Å². The minimum Gasteiger partial charge on any atom is -0.313 e. The fourth-order valence-corrected chi connectivity index (χ4v) is 2.24. The van der Waals surface area contributed by atoms with Gasteiger partial charge in [-0.05, 0) is 42.8 Å². The Morgan fingerprint density at radius 3 is 2.61 bits per heavy atom. The summed E-state index contributed by atoms with van der Waals surface area (Å²) in [6.07, 6.45) is 1.99. The third-order valence-corrected chi connectivity index (χ3v) is 3.26. The number of fused-ring (bicyclic) bond motifs is 1. The van der Waals surface area contributed by atoms with Gasteiger partial charge in [0.15, 0.2) is 0 Å². The van der Waals surface area contributed by atoms with E-state index in [1.165, 1.54) is 16.3 Å². The molecule has 0 aliphatic carbocycles. The maximum absolute atomic E-state index is 3.37. The van der Waals surface area contributed by atoms with Crippen molar-refractivity contribution in [2.45, 2.75) is 25.8 Å². The van der Waals surface area contributed by atoms with Gasteiger partial charge in [-0.15, -0.1) is 11.8 Å². The Kier molecular flexibility index (Phi) is 4.39. The summed E-state index contributed by atoms with van der Waals surface area (Å²) in [7, 11) is 2.01. The van der Waals surface area contributed by atoms with Crippen molar-refractivity contribution >= 4 is 10.8 Å². The molecule has 1 nitrogen and oxygen atoms in total. The van der Waals surface area contributed by atoms with Gasteiger partial charge in [0.1, 0.15) is 0 Å². The van der Waals surface area contributed by atoms with Crippen molar-refractivity contribution < 1.29 is 0 Å². The van der Waals surface area contributed by atoms with Crippen LogP contribution in [0.25, 0.3) is 10.8 Å². The monoisotopic (exact) mass is 237 g/mol. The normalized spacial score (nSPS) is 11.9. The average Bonchev–Trinajstić information content (AvgIpc) is 2.43. The van der Waals surface area contributed by atoms with Gasteiger partial charge in [0, 0.05) is 12.5 Å². The van der Waals surface area contributed by atoms with Gasteiger partial charge in [-0.2, -0.15) is 0 Å². The Morgan fingerprint density at radius 2 is 1.89 bits per heavy atom. The van der Waals surface area contributed by atoms with Crippen LogP contribution in [0.1, 0.15) is 31.4 Å². The lowest BCUT2D eigenvalue weighted by Crippen LogP contribution is -2.15. The number of hydrogen-bond donors (Lipinski definition) is 1. The summed E-state index contributed by atoms with van der Waals surface area (Å²) in [6, 6.07) is 15.5. The lowest BCUT2D eigenvalue weighted by molar-refractivity contribution is 0.559. The topological polar surface area (TPSA) is 12.0 Å². The maximum Gasteiger partial charge on any atom is 0.0326 e. The molecule has 0 fully saturated rings. The molecular weight excluding hydrogens is 218 g/mol. The first-order valence-corrected chi connectivity index (χ1v) is 6.40. The molecule has 0 heterocycles. The van der Waals surface area contributed by atoms with Crippen LogP contribution in [0, 0.1) is 11.8 Å². The number of rotatable bonds is 4. The molecule has 2 rings (SSSR count). The first-order chi connectivity index (χ1) is 8.85. The molecule has 2 aromatic carbocycles. The van der Waals surface area contributed by atoms with Gasteiger partial charge in [-0.3, -0.25) is 0 Å². The minimum absolute atomic E-state index is 0.385. The van der Waals surface area contributed by atoms with Gasteiger partial charge in [0.05, 0.1) is 0 Å². The fourth-order valence-electron chi connectivity index (χ4n) is 2.24. The lowest BCUT2D eigenvalue weighted by atomic mass is 9.99. The second kappa shape index (κ2) is 6.23. The molecule has 18 heavy (non-hydrogen) atoms. The molecule has 1 heteroatoms. The highest BCUT2D eigenvalue weighted by molar-refractivity contribution is 5.83. The Labute approximate surface area is 109 Å². The first kappa shape index (κ1) is 12.7. The third kappa shape index (κ3) is 2.91. The van der Waals surface area contributed by atoms with Gasteiger partial charge in [0.25, 0.3) is 0 Å². The van der Waals surface area contributed by atoms with E-state index in [9.17, 15) is 0 Å². The molecular formula is C17H19N. The summed E-state index contributed by atoms with van der Waals surface area (Å²) in [5, 5.41) is 5.97. The molecule has 0 amide bonds. The van der Waals surface area contributed by atoms with E-state index < -0.39 is 0 Å². The molecule has 0 radical (unpaired) electrons. The van der Waals surface area contributed by atoms with E-state index >= 15 is 0 Å². The van der Waals surface area contributed by atoms with E-state index in [4.69, 9.17) is 0 Å². The fraction of sp³-hybridized carbons (Fsp3) is 0.294. The molecule has 0 saturated carbocycles. The van der Waals surface area contributed by atoms with Crippen LogP contribution in [0.5, 0.6) is 0 Å². The number of hydrogen-bond acceptors (Lipinski definition) is 1. The lowest BCUT2D eigenvalue weighted by Gasteiger charge is -2.16. The number of nitrogens with one attached hydrogen (secondary N) is 1. The van der Waals surface area contributed by atoms with Crippen LogP contribution in [0.15, 0.2) is 42.5 Å². The van der Waals surface area contributed by atoms with Crippen LogP contribution in [0.3, 0.4) is 0 Å². The molecule has 92 valence electrons. The molecule has 0 bridgehead atoms. The Morgan fingerprint density at radius 1 is 1.11 bits per heavy atom. The molecule has 2 aromatic rings. The van der Waals surface area contributed by atoms with Crippen LogP contribution in [0.2, 0.25) is 0 Å². The van der Waals surface area contributed by atoms with Gasteiger partial charge < -0.3 is 5.32 Å².